The highest BCUT2D eigenvalue weighted by atomic mass is 32.1. The average molecular weight is 318 g/mol. The molecular weight excluding hydrogens is 300 g/mol. The van der Waals surface area contributed by atoms with Gasteiger partial charge in [-0.05, 0) is 20.3 Å². The van der Waals surface area contributed by atoms with Gasteiger partial charge in [0.05, 0.1) is 17.3 Å². The molecule has 1 aliphatic heterocycles. The van der Waals surface area contributed by atoms with E-state index in [9.17, 15) is 4.79 Å². The molecule has 22 heavy (non-hydrogen) atoms. The van der Waals surface area contributed by atoms with Crippen LogP contribution in [0.15, 0.2) is 17.2 Å². The first-order valence-electron chi connectivity index (χ1n) is 7.32. The topological polar surface area (TPSA) is 68.2 Å². The molecule has 2 aromatic rings. The van der Waals surface area contributed by atoms with Crippen LogP contribution in [0.4, 0.5) is 0 Å². The Bertz CT molecular complexity index is 658. The summed E-state index contributed by atoms with van der Waals surface area (Å²) in [6.45, 7) is 5.22. The van der Waals surface area contributed by atoms with Crippen LogP contribution in [-0.2, 0) is 12.8 Å². The summed E-state index contributed by atoms with van der Waals surface area (Å²) < 4.78 is 5.77. The van der Waals surface area contributed by atoms with E-state index in [1.807, 2.05) is 18.7 Å². The molecule has 0 aliphatic carbocycles. The Balaban J connectivity index is 1.79. The quantitative estimate of drug-likeness (QED) is 0.865. The molecule has 0 bridgehead atoms. The maximum atomic E-state index is 12.4. The second-order valence-electron chi connectivity index (χ2n) is 5.44. The molecule has 0 spiro atoms. The molecule has 0 saturated heterocycles. The van der Waals surface area contributed by atoms with Crippen molar-refractivity contribution in [3.8, 4) is 5.88 Å². The van der Waals surface area contributed by atoms with E-state index in [0.717, 1.165) is 11.3 Å². The highest BCUT2D eigenvalue weighted by molar-refractivity contribution is 7.07. The summed E-state index contributed by atoms with van der Waals surface area (Å²) in [4.78, 5) is 27.0. The molecule has 0 atom stereocenters. The van der Waals surface area contributed by atoms with Crippen LogP contribution in [0, 0.1) is 0 Å². The van der Waals surface area contributed by atoms with Gasteiger partial charge >= 0.3 is 0 Å². The van der Waals surface area contributed by atoms with E-state index in [1.165, 1.54) is 17.7 Å². The van der Waals surface area contributed by atoms with Crippen LogP contribution in [-0.4, -0.2) is 45.0 Å². The Morgan fingerprint density at radius 1 is 1.27 bits per heavy atom. The number of nitrogens with zero attached hydrogens (tertiary/aromatic N) is 4. The van der Waals surface area contributed by atoms with Crippen molar-refractivity contribution in [1.82, 2.24) is 19.9 Å². The molecule has 2 aromatic heterocycles. The number of hydrogen-bond acceptors (Lipinski definition) is 6. The Labute approximate surface area is 133 Å². The summed E-state index contributed by atoms with van der Waals surface area (Å²) in [6, 6.07) is 0. The van der Waals surface area contributed by atoms with Crippen molar-refractivity contribution in [2.24, 2.45) is 0 Å². The van der Waals surface area contributed by atoms with Crippen molar-refractivity contribution in [2.45, 2.75) is 32.8 Å². The van der Waals surface area contributed by atoms with E-state index in [4.69, 9.17) is 4.74 Å². The monoisotopic (exact) mass is 318 g/mol. The fourth-order valence-corrected chi connectivity index (χ4v) is 3.03. The molecule has 3 heterocycles. The number of aromatic nitrogens is 3. The number of carbonyl (C=O) groups excluding carboxylic acids is 1. The maximum absolute atomic E-state index is 12.4. The third-order valence-corrected chi connectivity index (χ3v) is 4.12. The molecule has 0 saturated carbocycles. The van der Waals surface area contributed by atoms with E-state index < -0.39 is 0 Å². The van der Waals surface area contributed by atoms with E-state index in [2.05, 4.69) is 15.0 Å². The second-order valence-corrected chi connectivity index (χ2v) is 6.16. The zero-order valence-electron chi connectivity index (χ0n) is 12.7. The predicted octanol–water partition coefficient (Wildman–Crippen LogP) is 1.96. The second kappa shape index (κ2) is 6.39. The third-order valence-electron chi connectivity index (χ3n) is 3.53. The van der Waals surface area contributed by atoms with Crippen LogP contribution in [0.3, 0.4) is 0 Å². The number of carbonyl (C=O) groups is 1. The average Bonchev–Trinajstić information content (AvgIpc) is 2.93. The van der Waals surface area contributed by atoms with Gasteiger partial charge in [0.1, 0.15) is 12.0 Å². The molecular formula is C15H18N4O2S. The molecule has 0 N–H and O–H groups in total. The minimum absolute atomic E-state index is 0.0201. The largest absolute Gasteiger partial charge is 0.475 e. The fraction of sp³-hybridized carbons (Fsp3) is 0.467. The minimum atomic E-state index is -0.0201. The SMILES string of the molecule is CC(C)Oc1ncnc2c1CCN(C(=O)c1cscn1)CC2. The lowest BCUT2D eigenvalue weighted by Gasteiger charge is -2.18. The number of amides is 1. The summed E-state index contributed by atoms with van der Waals surface area (Å²) >= 11 is 1.43. The van der Waals surface area contributed by atoms with Gasteiger partial charge in [0.15, 0.2) is 0 Å². The van der Waals surface area contributed by atoms with Crippen molar-refractivity contribution in [1.29, 1.82) is 0 Å². The summed E-state index contributed by atoms with van der Waals surface area (Å²) in [7, 11) is 0. The first-order valence-corrected chi connectivity index (χ1v) is 8.26. The predicted molar refractivity (Wildman–Crippen MR) is 83.2 cm³/mol. The Hall–Kier alpha value is -2.02. The molecule has 1 aliphatic rings. The number of rotatable bonds is 3. The first kappa shape index (κ1) is 14.9. The van der Waals surface area contributed by atoms with Gasteiger partial charge in [-0.25, -0.2) is 15.0 Å². The Morgan fingerprint density at radius 3 is 2.82 bits per heavy atom. The van der Waals surface area contributed by atoms with Crippen LogP contribution in [0.1, 0.15) is 35.6 Å². The molecule has 7 heteroatoms. The molecule has 0 fully saturated rings. The van der Waals surface area contributed by atoms with Gasteiger partial charge in [0.25, 0.3) is 5.91 Å². The van der Waals surface area contributed by atoms with Crippen LogP contribution in [0.2, 0.25) is 0 Å². The standard InChI is InChI=1S/C15H18N4O2S/c1-10(2)21-14-11-3-5-19(6-4-12(11)16-8-17-14)15(20)13-7-22-9-18-13/h7-10H,3-6H2,1-2H3. The number of thiazole rings is 1. The van der Waals surface area contributed by atoms with Gasteiger partial charge in [-0.3, -0.25) is 4.79 Å². The summed E-state index contributed by atoms with van der Waals surface area (Å²) in [5.74, 6) is 0.622. The van der Waals surface area contributed by atoms with Crippen molar-refractivity contribution in [3.63, 3.8) is 0 Å². The lowest BCUT2D eigenvalue weighted by molar-refractivity contribution is 0.0757. The van der Waals surface area contributed by atoms with Crippen molar-refractivity contribution >= 4 is 17.2 Å². The normalized spacial score (nSPS) is 14.6. The van der Waals surface area contributed by atoms with Gasteiger partial charge in [0.2, 0.25) is 5.88 Å². The first-order chi connectivity index (χ1) is 10.6. The summed E-state index contributed by atoms with van der Waals surface area (Å²) in [6.07, 6.45) is 3.01. The third kappa shape index (κ3) is 3.09. The van der Waals surface area contributed by atoms with E-state index >= 15 is 0 Å². The van der Waals surface area contributed by atoms with Gasteiger partial charge < -0.3 is 9.64 Å². The van der Waals surface area contributed by atoms with Gasteiger partial charge in [-0.15, -0.1) is 11.3 Å². The summed E-state index contributed by atoms with van der Waals surface area (Å²) in [5, 5.41) is 1.79. The number of fused-ring (bicyclic) bond motifs is 1. The molecule has 0 aromatic carbocycles. The molecule has 3 rings (SSSR count). The fourth-order valence-electron chi connectivity index (χ4n) is 2.50. The van der Waals surface area contributed by atoms with Crippen LogP contribution in [0.5, 0.6) is 5.88 Å². The molecule has 116 valence electrons. The number of hydrogen-bond donors (Lipinski definition) is 0. The summed E-state index contributed by atoms with van der Waals surface area (Å²) in [5.41, 5.74) is 4.18. The molecule has 0 radical (unpaired) electrons. The molecule has 1 amide bonds. The minimum Gasteiger partial charge on any atom is -0.475 e. The van der Waals surface area contributed by atoms with E-state index in [1.54, 1.807) is 10.9 Å². The van der Waals surface area contributed by atoms with Crippen molar-refractivity contribution in [3.05, 3.63) is 34.2 Å². The van der Waals surface area contributed by atoms with Crippen LogP contribution >= 0.6 is 11.3 Å². The van der Waals surface area contributed by atoms with Gasteiger partial charge in [-0.2, -0.15) is 0 Å². The van der Waals surface area contributed by atoms with Crippen molar-refractivity contribution in [2.75, 3.05) is 13.1 Å². The molecule has 6 nitrogen and oxygen atoms in total. The Morgan fingerprint density at radius 2 is 2.09 bits per heavy atom. The zero-order chi connectivity index (χ0) is 15.5. The Kier molecular flexibility index (Phi) is 4.33. The lowest BCUT2D eigenvalue weighted by atomic mass is 10.1. The van der Waals surface area contributed by atoms with Gasteiger partial charge in [-0.1, -0.05) is 0 Å². The van der Waals surface area contributed by atoms with E-state index in [0.29, 0.717) is 37.5 Å². The van der Waals surface area contributed by atoms with Gasteiger partial charge in [0, 0.05) is 30.5 Å². The van der Waals surface area contributed by atoms with Crippen molar-refractivity contribution < 1.29 is 9.53 Å². The number of ether oxygens (including phenoxy) is 1. The van der Waals surface area contributed by atoms with Crippen LogP contribution < -0.4 is 4.74 Å². The maximum Gasteiger partial charge on any atom is 0.273 e. The molecule has 0 unspecified atom stereocenters. The smallest absolute Gasteiger partial charge is 0.273 e. The highest BCUT2D eigenvalue weighted by Gasteiger charge is 2.24. The highest BCUT2D eigenvalue weighted by Crippen LogP contribution is 2.23. The lowest BCUT2D eigenvalue weighted by Crippen LogP contribution is -2.33. The zero-order valence-corrected chi connectivity index (χ0v) is 13.5. The van der Waals surface area contributed by atoms with Crippen LogP contribution in [0.25, 0.3) is 0 Å². The van der Waals surface area contributed by atoms with E-state index in [-0.39, 0.29) is 12.0 Å².